The highest BCUT2D eigenvalue weighted by Crippen LogP contribution is 2.38. The number of hydrogen-bond acceptors (Lipinski definition) is 2. The number of allylic oxidation sites excluding steroid dienone is 2. The number of ether oxygens (including phenoxy) is 1. The minimum atomic E-state index is -0.605. The van der Waals surface area contributed by atoms with Gasteiger partial charge in [0.1, 0.15) is 11.5 Å². The van der Waals surface area contributed by atoms with Crippen molar-refractivity contribution in [3.63, 3.8) is 0 Å². The SMILES string of the molecule is CCC(C)C1C=CC(C)(C(=O)O[C@H]2C[C@@H](C)CC[C@@H]2C(C)C)C=C1. The Morgan fingerprint density at radius 3 is 2.38 bits per heavy atom. The lowest BCUT2D eigenvalue weighted by Crippen LogP contribution is -2.39. The summed E-state index contributed by atoms with van der Waals surface area (Å²) in [5.41, 5.74) is -0.605. The van der Waals surface area contributed by atoms with E-state index in [0.717, 1.165) is 12.8 Å². The van der Waals surface area contributed by atoms with E-state index >= 15 is 0 Å². The van der Waals surface area contributed by atoms with Crippen LogP contribution in [0.3, 0.4) is 0 Å². The van der Waals surface area contributed by atoms with Gasteiger partial charge in [-0.15, -0.1) is 0 Å². The van der Waals surface area contributed by atoms with E-state index in [0.29, 0.717) is 29.6 Å². The van der Waals surface area contributed by atoms with Crippen molar-refractivity contribution in [3.8, 4) is 0 Å². The second-order valence-corrected chi connectivity index (χ2v) is 8.73. The van der Waals surface area contributed by atoms with Crippen LogP contribution in [-0.4, -0.2) is 12.1 Å². The molecule has 0 amide bonds. The second kappa shape index (κ2) is 7.89. The molecule has 4 atom stereocenters. The number of hydrogen-bond donors (Lipinski definition) is 0. The van der Waals surface area contributed by atoms with Gasteiger partial charge in [0, 0.05) is 0 Å². The van der Waals surface area contributed by atoms with Crippen LogP contribution in [0.15, 0.2) is 24.3 Å². The van der Waals surface area contributed by atoms with Crippen molar-refractivity contribution in [2.24, 2.45) is 35.0 Å². The molecule has 1 saturated carbocycles. The van der Waals surface area contributed by atoms with Crippen molar-refractivity contribution >= 4 is 5.97 Å². The van der Waals surface area contributed by atoms with Crippen LogP contribution >= 0.6 is 0 Å². The van der Waals surface area contributed by atoms with Gasteiger partial charge in [-0.3, -0.25) is 4.79 Å². The quantitative estimate of drug-likeness (QED) is 0.471. The van der Waals surface area contributed by atoms with Gasteiger partial charge in [0.25, 0.3) is 0 Å². The second-order valence-electron chi connectivity index (χ2n) is 8.73. The average Bonchev–Trinajstić information content (AvgIpc) is 2.54. The molecule has 2 aliphatic rings. The molecule has 1 fully saturated rings. The number of carbonyl (C=O) groups is 1. The summed E-state index contributed by atoms with van der Waals surface area (Å²) in [5, 5.41) is 0. The Morgan fingerprint density at radius 2 is 1.83 bits per heavy atom. The fourth-order valence-electron chi connectivity index (χ4n) is 4.04. The lowest BCUT2D eigenvalue weighted by Gasteiger charge is -2.38. The summed E-state index contributed by atoms with van der Waals surface area (Å²) in [6.45, 7) is 13.2. The van der Waals surface area contributed by atoms with Gasteiger partial charge < -0.3 is 4.74 Å². The highest BCUT2D eigenvalue weighted by atomic mass is 16.5. The molecule has 2 aliphatic carbocycles. The maximum absolute atomic E-state index is 12.9. The highest BCUT2D eigenvalue weighted by molar-refractivity contribution is 5.81. The van der Waals surface area contributed by atoms with Crippen molar-refractivity contribution in [2.45, 2.75) is 73.3 Å². The first-order valence-corrected chi connectivity index (χ1v) is 9.86. The minimum Gasteiger partial charge on any atom is -0.461 e. The van der Waals surface area contributed by atoms with E-state index in [2.05, 4.69) is 58.9 Å². The van der Waals surface area contributed by atoms with Crippen LogP contribution in [0.5, 0.6) is 0 Å². The fourth-order valence-corrected chi connectivity index (χ4v) is 4.04. The van der Waals surface area contributed by atoms with Crippen LogP contribution in [0.4, 0.5) is 0 Å². The first-order valence-electron chi connectivity index (χ1n) is 9.86. The molecule has 0 aromatic heterocycles. The van der Waals surface area contributed by atoms with Crippen LogP contribution in [0, 0.1) is 35.0 Å². The van der Waals surface area contributed by atoms with E-state index in [-0.39, 0.29) is 12.1 Å². The van der Waals surface area contributed by atoms with E-state index in [1.807, 2.05) is 6.92 Å². The van der Waals surface area contributed by atoms with Gasteiger partial charge in [-0.1, -0.05) is 71.8 Å². The molecular formula is C22H36O2. The van der Waals surface area contributed by atoms with E-state index < -0.39 is 5.41 Å². The summed E-state index contributed by atoms with van der Waals surface area (Å²) in [5.74, 6) is 2.69. The number of esters is 1. The zero-order valence-corrected chi connectivity index (χ0v) is 16.4. The third-order valence-electron chi connectivity index (χ3n) is 6.29. The molecular weight excluding hydrogens is 296 g/mol. The highest BCUT2D eigenvalue weighted by Gasteiger charge is 2.38. The molecule has 0 aliphatic heterocycles. The Hall–Kier alpha value is -1.05. The third-order valence-corrected chi connectivity index (χ3v) is 6.29. The number of carbonyl (C=O) groups excluding carboxylic acids is 1. The molecule has 0 aromatic rings. The Balaban J connectivity index is 2.04. The van der Waals surface area contributed by atoms with E-state index in [4.69, 9.17) is 4.74 Å². The summed E-state index contributed by atoms with van der Waals surface area (Å²) in [6.07, 6.45) is 13.2. The number of rotatable bonds is 5. The van der Waals surface area contributed by atoms with Crippen molar-refractivity contribution < 1.29 is 9.53 Å². The van der Waals surface area contributed by atoms with Crippen LogP contribution in [0.1, 0.15) is 67.2 Å². The maximum atomic E-state index is 12.9. The molecule has 0 aromatic carbocycles. The molecule has 2 rings (SSSR count). The van der Waals surface area contributed by atoms with Gasteiger partial charge >= 0.3 is 5.97 Å². The van der Waals surface area contributed by atoms with Crippen LogP contribution in [0.25, 0.3) is 0 Å². The molecule has 1 unspecified atom stereocenters. The fraction of sp³-hybridized carbons (Fsp3) is 0.773. The molecule has 0 N–H and O–H groups in total. The Bertz CT molecular complexity index is 474. The van der Waals surface area contributed by atoms with Gasteiger partial charge in [0.2, 0.25) is 0 Å². The van der Waals surface area contributed by atoms with Crippen molar-refractivity contribution in [2.75, 3.05) is 0 Å². The van der Waals surface area contributed by atoms with Crippen LogP contribution < -0.4 is 0 Å². The monoisotopic (exact) mass is 332 g/mol. The van der Waals surface area contributed by atoms with Gasteiger partial charge in [-0.25, -0.2) is 0 Å². The van der Waals surface area contributed by atoms with Crippen molar-refractivity contribution in [1.82, 2.24) is 0 Å². The third kappa shape index (κ3) is 4.32. The standard InChI is InChI=1S/C22H36O2/c1-7-17(5)18-10-12-22(6,13-11-18)21(23)24-20-14-16(4)8-9-19(20)15(2)3/h10-13,15-20H,7-9,14H2,1-6H3/t16-,17?,18?,19+,20-,22?/m0/s1. The normalized spacial score (nSPS) is 37.5. The van der Waals surface area contributed by atoms with Crippen molar-refractivity contribution in [1.29, 1.82) is 0 Å². The largest absolute Gasteiger partial charge is 0.461 e. The average molecular weight is 333 g/mol. The maximum Gasteiger partial charge on any atom is 0.319 e. The zero-order valence-electron chi connectivity index (χ0n) is 16.4. The smallest absolute Gasteiger partial charge is 0.319 e. The van der Waals surface area contributed by atoms with Gasteiger partial charge in [-0.05, 0) is 49.4 Å². The lowest BCUT2D eigenvalue weighted by molar-refractivity contribution is -0.162. The summed E-state index contributed by atoms with van der Waals surface area (Å²) < 4.78 is 6.06. The summed E-state index contributed by atoms with van der Waals surface area (Å²) in [7, 11) is 0. The van der Waals surface area contributed by atoms with E-state index in [1.165, 1.54) is 12.8 Å². The summed E-state index contributed by atoms with van der Waals surface area (Å²) in [4.78, 5) is 12.9. The van der Waals surface area contributed by atoms with Crippen LogP contribution in [-0.2, 0) is 9.53 Å². The first kappa shape index (κ1) is 19.3. The minimum absolute atomic E-state index is 0.0761. The molecule has 24 heavy (non-hydrogen) atoms. The molecule has 0 heterocycles. The molecule has 2 nitrogen and oxygen atoms in total. The topological polar surface area (TPSA) is 26.3 Å². The van der Waals surface area contributed by atoms with Crippen molar-refractivity contribution in [3.05, 3.63) is 24.3 Å². The zero-order chi connectivity index (χ0) is 17.9. The first-order chi connectivity index (χ1) is 11.3. The predicted molar refractivity (Wildman–Crippen MR) is 101 cm³/mol. The Labute approximate surface area is 148 Å². The molecule has 2 heteroatoms. The molecule has 136 valence electrons. The molecule has 0 spiro atoms. The lowest BCUT2D eigenvalue weighted by atomic mass is 9.75. The Kier molecular flexibility index (Phi) is 6.33. The molecule has 0 bridgehead atoms. The molecule has 0 radical (unpaired) electrons. The van der Waals surface area contributed by atoms with E-state index in [9.17, 15) is 4.79 Å². The van der Waals surface area contributed by atoms with Gasteiger partial charge in [-0.2, -0.15) is 0 Å². The van der Waals surface area contributed by atoms with Crippen LogP contribution in [0.2, 0.25) is 0 Å². The van der Waals surface area contributed by atoms with Gasteiger partial charge in [0.15, 0.2) is 0 Å². The van der Waals surface area contributed by atoms with Gasteiger partial charge in [0.05, 0.1) is 0 Å². The summed E-state index contributed by atoms with van der Waals surface area (Å²) in [6, 6.07) is 0. The molecule has 0 saturated heterocycles. The van der Waals surface area contributed by atoms with E-state index in [1.54, 1.807) is 0 Å². The Morgan fingerprint density at radius 1 is 1.21 bits per heavy atom. The summed E-state index contributed by atoms with van der Waals surface area (Å²) >= 11 is 0. The predicted octanol–water partition coefficient (Wildman–Crippen LogP) is 5.79.